The molecule has 0 aromatic carbocycles. The van der Waals surface area contributed by atoms with Crippen LogP contribution in [0.15, 0.2) is 17.3 Å². The lowest BCUT2D eigenvalue weighted by molar-refractivity contribution is -0.385. The largest absolute Gasteiger partial charge is 0.409 e. The van der Waals surface area contributed by atoms with Gasteiger partial charge in [-0.05, 0) is 6.07 Å². The van der Waals surface area contributed by atoms with Gasteiger partial charge in [-0.25, -0.2) is 13.4 Å². The molecular formula is C10H15N5O5S. The van der Waals surface area contributed by atoms with Crippen molar-refractivity contribution in [3.05, 3.63) is 27.9 Å². The summed E-state index contributed by atoms with van der Waals surface area (Å²) in [5.74, 6) is -0.327. The van der Waals surface area contributed by atoms with Crippen molar-refractivity contribution >= 4 is 27.2 Å². The third-order valence-electron chi connectivity index (χ3n) is 2.59. The van der Waals surface area contributed by atoms with Crippen LogP contribution in [0, 0.1) is 10.1 Å². The number of oxime groups is 1. The molecule has 21 heavy (non-hydrogen) atoms. The number of aromatic nitrogens is 1. The van der Waals surface area contributed by atoms with Crippen LogP contribution in [0.4, 0.5) is 11.5 Å². The van der Waals surface area contributed by atoms with Crippen LogP contribution in [0.5, 0.6) is 0 Å². The Balaban J connectivity index is 3.13. The van der Waals surface area contributed by atoms with E-state index in [0.29, 0.717) is 0 Å². The van der Waals surface area contributed by atoms with E-state index in [1.807, 2.05) is 0 Å². The molecule has 1 heterocycles. The van der Waals surface area contributed by atoms with E-state index in [2.05, 4.69) is 10.1 Å². The van der Waals surface area contributed by atoms with Crippen molar-refractivity contribution in [3.63, 3.8) is 0 Å². The van der Waals surface area contributed by atoms with Gasteiger partial charge in [0.2, 0.25) is 0 Å². The standard InChI is InChI=1S/C10H15N5O5S/c1-14(5-6-21(2,19)20)8-4-3-7(15(17)18)9(12-8)10(11)13-16/h3-4,16H,5-6H2,1-2H3,(H2,11,13). The lowest BCUT2D eigenvalue weighted by Crippen LogP contribution is -2.27. The molecule has 0 saturated carbocycles. The van der Waals surface area contributed by atoms with E-state index in [1.165, 1.54) is 11.0 Å². The summed E-state index contributed by atoms with van der Waals surface area (Å²) in [4.78, 5) is 15.6. The van der Waals surface area contributed by atoms with Crippen LogP contribution in [0.1, 0.15) is 5.69 Å². The topological polar surface area (TPSA) is 152 Å². The first-order valence-corrected chi connectivity index (χ1v) is 7.74. The summed E-state index contributed by atoms with van der Waals surface area (Å²) >= 11 is 0. The maximum atomic E-state index is 11.1. The summed E-state index contributed by atoms with van der Waals surface area (Å²) in [6, 6.07) is 2.52. The number of hydrogen-bond acceptors (Lipinski definition) is 8. The van der Waals surface area contributed by atoms with E-state index >= 15 is 0 Å². The first kappa shape index (κ1) is 16.6. The van der Waals surface area contributed by atoms with Crippen LogP contribution in [-0.4, -0.2) is 55.0 Å². The molecule has 10 nitrogen and oxygen atoms in total. The van der Waals surface area contributed by atoms with Crippen molar-refractivity contribution < 1.29 is 18.5 Å². The molecule has 0 fully saturated rings. The van der Waals surface area contributed by atoms with Gasteiger partial charge in [-0.1, -0.05) is 5.16 Å². The van der Waals surface area contributed by atoms with Crippen molar-refractivity contribution in [2.24, 2.45) is 10.9 Å². The summed E-state index contributed by atoms with van der Waals surface area (Å²) in [5.41, 5.74) is 4.67. The minimum absolute atomic E-state index is 0.0962. The number of anilines is 1. The molecular weight excluding hydrogens is 302 g/mol. The fourth-order valence-corrected chi connectivity index (χ4v) is 2.06. The fraction of sp³-hybridized carbons (Fsp3) is 0.400. The Kier molecular flexibility index (Phi) is 5.02. The second kappa shape index (κ2) is 6.35. The lowest BCUT2D eigenvalue weighted by Gasteiger charge is -2.18. The predicted octanol–water partition coefficient (Wildman–Crippen LogP) is -0.435. The van der Waals surface area contributed by atoms with Crippen LogP contribution in [-0.2, 0) is 9.84 Å². The SMILES string of the molecule is CN(CCS(C)(=O)=O)c1ccc([N+](=O)[O-])c(/C(N)=N/O)n1. The second-order valence-corrected chi connectivity index (χ2v) is 6.59. The highest BCUT2D eigenvalue weighted by Crippen LogP contribution is 2.20. The molecule has 1 aromatic heterocycles. The highest BCUT2D eigenvalue weighted by Gasteiger charge is 2.21. The molecule has 0 spiro atoms. The molecule has 0 amide bonds. The van der Waals surface area contributed by atoms with Crippen LogP contribution >= 0.6 is 0 Å². The maximum absolute atomic E-state index is 11.1. The summed E-state index contributed by atoms with van der Waals surface area (Å²) in [7, 11) is -1.57. The minimum Gasteiger partial charge on any atom is -0.409 e. The third-order valence-corrected chi connectivity index (χ3v) is 3.52. The molecule has 0 saturated heterocycles. The molecule has 0 unspecified atom stereocenters. The summed E-state index contributed by atoms with van der Waals surface area (Å²) in [5, 5.41) is 22.2. The summed E-state index contributed by atoms with van der Waals surface area (Å²) in [6.07, 6.45) is 1.10. The monoisotopic (exact) mass is 317 g/mol. The van der Waals surface area contributed by atoms with Crippen molar-refractivity contribution in [3.8, 4) is 0 Å². The normalized spacial score (nSPS) is 12.2. The molecule has 3 N–H and O–H groups in total. The third kappa shape index (κ3) is 4.56. The van der Waals surface area contributed by atoms with Crippen LogP contribution in [0.25, 0.3) is 0 Å². The number of nitrogens with zero attached hydrogens (tertiary/aromatic N) is 4. The van der Waals surface area contributed by atoms with Gasteiger partial charge in [0, 0.05) is 25.9 Å². The first-order valence-electron chi connectivity index (χ1n) is 5.68. The quantitative estimate of drug-likeness (QED) is 0.235. The number of pyridine rings is 1. The average molecular weight is 317 g/mol. The molecule has 0 atom stereocenters. The molecule has 0 bridgehead atoms. The molecule has 11 heteroatoms. The van der Waals surface area contributed by atoms with Crippen molar-refractivity contribution in [1.82, 2.24) is 4.98 Å². The van der Waals surface area contributed by atoms with Crippen molar-refractivity contribution in [2.75, 3.05) is 30.5 Å². The van der Waals surface area contributed by atoms with Crippen LogP contribution in [0.3, 0.4) is 0 Å². The Morgan fingerprint density at radius 2 is 2.19 bits per heavy atom. The molecule has 0 aliphatic heterocycles. The van der Waals surface area contributed by atoms with Crippen molar-refractivity contribution in [2.45, 2.75) is 0 Å². The number of rotatable bonds is 6. The number of hydrogen-bond donors (Lipinski definition) is 2. The number of nitro groups is 1. The fourth-order valence-electron chi connectivity index (χ4n) is 1.45. The number of nitrogens with two attached hydrogens (primary N) is 1. The van der Waals surface area contributed by atoms with Gasteiger partial charge >= 0.3 is 0 Å². The summed E-state index contributed by atoms with van der Waals surface area (Å²) in [6.45, 7) is 0.152. The first-order chi connectivity index (χ1) is 9.65. The van der Waals surface area contributed by atoms with Gasteiger partial charge in [0.05, 0.1) is 10.7 Å². The Hall–Kier alpha value is -2.43. The Morgan fingerprint density at radius 1 is 1.57 bits per heavy atom. The van der Waals surface area contributed by atoms with E-state index in [0.717, 1.165) is 12.3 Å². The molecule has 0 aliphatic rings. The van der Waals surface area contributed by atoms with Gasteiger partial charge in [-0.3, -0.25) is 10.1 Å². The zero-order chi connectivity index (χ0) is 16.2. The summed E-state index contributed by atoms with van der Waals surface area (Å²) < 4.78 is 22.2. The minimum atomic E-state index is -3.15. The van der Waals surface area contributed by atoms with Gasteiger partial charge in [0.1, 0.15) is 15.7 Å². The molecule has 0 radical (unpaired) electrons. The van der Waals surface area contributed by atoms with Crippen molar-refractivity contribution in [1.29, 1.82) is 0 Å². The molecule has 116 valence electrons. The number of sulfone groups is 1. The maximum Gasteiger partial charge on any atom is 0.298 e. The Labute approximate surface area is 120 Å². The zero-order valence-corrected chi connectivity index (χ0v) is 12.2. The van der Waals surface area contributed by atoms with Gasteiger partial charge in [-0.15, -0.1) is 0 Å². The Bertz CT molecular complexity index is 672. The lowest BCUT2D eigenvalue weighted by atomic mass is 10.2. The van der Waals surface area contributed by atoms with Gasteiger partial charge in [0.25, 0.3) is 5.69 Å². The zero-order valence-electron chi connectivity index (χ0n) is 11.4. The highest BCUT2D eigenvalue weighted by molar-refractivity contribution is 7.90. The average Bonchev–Trinajstić information content (AvgIpc) is 2.42. The predicted molar refractivity (Wildman–Crippen MR) is 76.4 cm³/mol. The van der Waals surface area contributed by atoms with E-state index < -0.39 is 26.3 Å². The van der Waals surface area contributed by atoms with Gasteiger partial charge in [0.15, 0.2) is 11.5 Å². The van der Waals surface area contributed by atoms with Gasteiger partial charge in [-0.2, -0.15) is 0 Å². The Morgan fingerprint density at radius 3 is 2.67 bits per heavy atom. The van der Waals surface area contributed by atoms with E-state index in [4.69, 9.17) is 10.9 Å². The second-order valence-electron chi connectivity index (χ2n) is 4.33. The van der Waals surface area contributed by atoms with Gasteiger partial charge < -0.3 is 15.8 Å². The van der Waals surface area contributed by atoms with Crippen LogP contribution in [0.2, 0.25) is 0 Å². The number of amidine groups is 1. The van der Waals surface area contributed by atoms with E-state index in [1.54, 1.807) is 7.05 Å². The van der Waals surface area contributed by atoms with Crippen LogP contribution < -0.4 is 10.6 Å². The highest BCUT2D eigenvalue weighted by atomic mass is 32.2. The molecule has 1 rings (SSSR count). The smallest absolute Gasteiger partial charge is 0.298 e. The molecule has 1 aromatic rings. The molecule has 0 aliphatic carbocycles. The van der Waals surface area contributed by atoms with E-state index in [-0.39, 0.29) is 23.8 Å². The van der Waals surface area contributed by atoms with E-state index in [9.17, 15) is 18.5 Å².